The van der Waals surface area contributed by atoms with Crippen LogP contribution in [0.1, 0.15) is 65.3 Å². The summed E-state index contributed by atoms with van der Waals surface area (Å²) in [5.41, 5.74) is 3.36. The van der Waals surface area contributed by atoms with Gasteiger partial charge in [-0.1, -0.05) is 5.21 Å². The summed E-state index contributed by atoms with van der Waals surface area (Å²) in [5, 5.41) is 8.13. The third-order valence-corrected chi connectivity index (χ3v) is 6.09. The van der Waals surface area contributed by atoms with Gasteiger partial charge in [0, 0.05) is 30.7 Å². The van der Waals surface area contributed by atoms with Gasteiger partial charge in [-0.25, -0.2) is 4.68 Å². The lowest BCUT2D eigenvalue weighted by Crippen LogP contribution is -2.37. The van der Waals surface area contributed by atoms with Crippen LogP contribution in [0.2, 0.25) is 0 Å². The van der Waals surface area contributed by atoms with Crippen molar-refractivity contribution in [2.24, 2.45) is 0 Å². The number of amides is 1. The number of rotatable bonds is 5. The second-order valence-corrected chi connectivity index (χ2v) is 8.29. The van der Waals surface area contributed by atoms with E-state index in [2.05, 4.69) is 40.4 Å². The van der Waals surface area contributed by atoms with Gasteiger partial charge < -0.3 is 14.8 Å². The molecule has 3 aliphatic rings. The minimum Gasteiger partial charge on any atom is -0.361 e. The van der Waals surface area contributed by atoms with Crippen molar-refractivity contribution in [2.45, 2.75) is 49.6 Å². The first-order valence-electron chi connectivity index (χ1n) is 9.66. The molecule has 7 nitrogen and oxygen atoms in total. The number of nitrogens with zero attached hydrogens (tertiary/aromatic N) is 5. The van der Waals surface area contributed by atoms with E-state index in [0.717, 1.165) is 12.1 Å². The first-order valence-corrected chi connectivity index (χ1v) is 9.66. The number of H-pyrrole nitrogens is 1. The number of aromatic nitrogens is 4. The number of nitrogens with one attached hydrogen (secondary N) is 1. The van der Waals surface area contributed by atoms with Crippen LogP contribution < -0.4 is 0 Å². The Balaban J connectivity index is 1.42. The van der Waals surface area contributed by atoms with Crippen LogP contribution in [0.25, 0.3) is 0 Å². The zero-order valence-electron chi connectivity index (χ0n) is 15.4. The van der Waals surface area contributed by atoms with E-state index in [1.54, 1.807) is 6.20 Å². The second-order valence-electron chi connectivity index (χ2n) is 8.29. The number of carbonyl (C=O) groups excluding carboxylic acids is 1. The molecule has 2 saturated carbocycles. The van der Waals surface area contributed by atoms with E-state index in [1.165, 1.54) is 37.1 Å². The molecule has 0 unspecified atom stereocenters. The van der Waals surface area contributed by atoms with Gasteiger partial charge in [-0.3, -0.25) is 4.79 Å². The van der Waals surface area contributed by atoms with Crippen LogP contribution in [0.15, 0.2) is 18.5 Å². The normalized spacial score (nSPS) is 26.0. The third-order valence-electron chi connectivity index (χ3n) is 6.09. The lowest BCUT2D eigenvalue weighted by Gasteiger charge is -2.24. The van der Waals surface area contributed by atoms with Gasteiger partial charge in [-0.05, 0) is 57.7 Å². The molecule has 1 N–H and O–H groups in total. The summed E-state index contributed by atoms with van der Waals surface area (Å²) in [6.45, 7) is 1.41. The molecule has 138 valence electrons. The van der Waals surface area contributed by atoms with Gasteiger partial charge in [-0.15, -0.1) is 5.10 Å². The minimum atomic E-state index is 0.141. The summed E-state index contributed by atoms with van der Waals surface area (Å²) in [5.74, 6) is 1.37. The summed E-state index contributed by atoms with van der Waals surface area (Å²) in [4.78, 5) is 21.2. The first-order chi connectivity index (χ1) is 12.6. The molecule has 1 saturated heterocycles. The SMILES string of the molecule is CN(C)[C@@H]1CN(C(=O)c2cc(C3CC3)[nH]c2C2CC2)C[C@@H]1n1ccnn1. The van der Waals surface area contributed by atoms with Crippen molar-refractivity contribution in [3.05, 3.63) is 35.4 Å². The summed E-state index contributed by atoms with van der Waals surface area (Å²) >= 11 is 0. The fraction of sp³-hybridized carbons (Fsp3) is 0.632. The Hall–Kier alpha value is -2.15. The van der Waals surface area contributed by atoms with Crippen molar-refractivity contribution in [3.8, 4) is 0 Å². The molecule has 7 heteroatoms. The van der Waals surface area contributed by atoms with Gasteiger partial charge in [0.2, 0.25) is 0 Å². The van der Waals surface area contributed by atoms with E-state index in [1.807, 2.05) is 15.8 Å². The Morgan fingerprint density at radius 3 is 2.58 bits per heavy atom. The molecule has 3 fully saturated rings. The predicted octanol–water partition coefficient (Wildman–Crippen LogP) is 1.99. The Labute approximate surface area is 153 Å². The molecule has 3 heterocycles. The van der Waals surface area contributed by atoms with Crippen LogP contribution in [-0.4, -0.2) is 68.9 Å². The van der Waals surface area contributed by atoms with Crippen LogP contribution in [0.3, 0.4) is 0 Å². The molecule has 1 amide bonds. The Kier molecular flexibility index (Phi) is 3.67. The standard InChI is InChI=1S/C19H26N6O/c1-23(2)16-10-24(11-17(16)25-8-7-20-22-25)19(26)14-9-15(12-3-4-12)21-18(14)13-5-6-13/h7-9,12-13,16-17,21H,3-6,10-11H2,1-2H3/t16-,17+/m1/s1. The fourth-order valence-corrected chi connectivity index (χ4v) is 4.24. The van der Waals surface area contributed by atoms with E-state index in [4.69, 9.17) is 0 Å². The average molecular weight is 354 g/mol. The van der Waals surface area contributed by atoms with Gasteiger partial charge in [0.1, 0.15) is 0 Å². The molecule has 0 spiro atoms. The maximum Gasteiger partial charge on any atom is 0.255 e. The Bertz CT molecular complexity index is 802. The highest BCUT2D eigenvalue weighted by Gasteiger charge is 2.41. The number of aromatic amines is 1. The van der Waals surface area contributed by atoms with Gasteiger partial charge >= 0.3 is 0 Å². The quantitative estimate of drug-likeness (QED) is 0.891. The van der Waals surface area contributed by atoms with Crippen LogP contribution in [0.4, 0.5) is 0 Å². The van der Waals surface area contributed by atoms with Crippen LogP contribution >= 0.6 is 0 Å². The number of carbonyl (C=O) groups is 1. The highest BCUT2D eigenvalue weighted by Crippen LogP contribution is 2.46. The molecule has 0 aromatic carbocycles. The van der Waals surface area contributed by atoms with Gasteiger partial charge in [0.15, 0.2) is 0 Å². The summed E-state index contributed by atoms with van der Waals surface area (Å²) in [6.07, 6.45) is 8.50. The third kappa shape index (κ3) is 2.74. The Morgan fingerprint density at radius 1 is 1.19 bits per heavy atom. The van der Waals surface area contributed by atoms with E-state index in [-0.39, 0.29) is 18.0 Å². The molecule has 2 atom stereocenters. The molecule has 2 aliphatic carbocycles. The van der Waals surface area contributed by atoms with Crippen LogP contribution in [0.5, 0.6) is 0 Å². The fourth-order valence-electron chi connectivity index (χ4n) is 4.24. The van der Waals surface area contributed by atoms with Crippen molar-refractivity contribution >= 4 is 5.91 Å². The van der Waals surface area contributed by atoms with E-state index in [9.17, 15) is 4.79 Å². The van der Waals surface area contributed by atoms with Gasteiger partial charge in [-0.2, -0.15) is 0 Å². The summed E-state index contributed by atoms with van der Waals surface area (Å²) in [6, 6.07) is 2.52. The molecular weight excluding hydrogens is 328 g/mol. The predicted molar refractivity (Wildman–Crippen MR) is 97.2 cm³/mol. The zero-order chi connectivity index (χ0) is 17.8. The van der Waals surface area contributed by atoms with Crippen molar-refractivity contribution in [3.63, 3.8) is 0 Å². The highest BCUT2D eigenvalue weighted by molar-refractivity contribution is 5.96. The van der Waals surface area contributed by atoms with Crippen molar-refractivity contribution in [1.82, 2.24) is 29.8 Å². The molecule has 5 rings (SSSR count). The monoisotopic (exact) mass is 354 g/mol. The lowest BCUT2D eigenvalue weighted by atomic mass is 10.1. The van der Waals surface area contributed by atoms with Crippen molar-refractivity contribution in [1.29, 1.82) is 0 Å². The smallest absolute Gasteiger partial charge is 0.255 e. The molecule has 2 aromatic heterocycles. The molecule has 1 aliphatic heterocycles. The maximum absolute atomic E-state index is 13.4. The van der Waals surface area contributed by atoms with Crippen molar-refractivity contribution < 1.29 is 4.79 Å². The first kappa shape index (κ1) is 16.1. The Morgan fingerprint density at radius 2 is 1.96 bits per heavy atom. The number of hydrogen-bond donors (Lipinski definition) is 1. The van der Waals surface area contributed by atoms with Gasteiger partial charge in [0.05, 0.1) is 23.8 Å². The molecule has 0 bridgehead atoms. The van der Waals surface area contributed by atoms with E-state index < -0.39 is 0 Å². The molecule has 2 aromatic rings. The second kappa shape index (κ2) is 5.94. The average Bonchev–Trinajstić information content (AvgIpc) is 3.50. The van der Waals surface area contributed by atoms with Crippen LogP contribution in [0, 0.1) is 0 Å². The van der Waals surface area contributed by atoms with Crippen molar-refractivity contribution in [2.75, 3.05) is 27.2 Å². The maximum atomic E-state index is 13.4. The number of likely N-dealkylation sites (tertiary alicyclic amines) is 1. The topological polar surface area (TPSA) is 70.1 Å². The minimum absolute atomic E-state index is 0.141. The summed E-state index contributed by atoms with van der Waals surface area (Å²) < 4.78 is 1.90. The van der Waals surface area contributed by atoms with E-state index >= 15 is 0 Å². The van der Waals surface area contributed by atoms with Gasteiger partial charge in [0.25, 0.3) is 5.91 Å². The lowest BCUT2D eigenvalue weighted by molar-refractivity contribution is 0.0780. The summed E-state index contributed by atoms with van der Waals surface area (Å²) in [7, 11) is 4.14. The van der Waals surface area contributed by atoms with Crippen LogP contribution in [-0.2, 0) is 0 Å². The zero-order valence-corrected chi connectivity index (χ0v) is 15.4. The number of likely N-dealkylation sites (N-methyl/N-ethyl adjacent to an activating group) is 1. The molecule has 0 radical (unpaired) electrons. The molecular formula is C19H26N6O. The molecule has 26 heavy (non-hydrogen) atoms. The highest BCUT2D eigenvalue weighted by atomic mass is 16.2. The largest absolute Gasteiger partial charge is 0.361 e. The van der Waals surface area contributed by atoms with E-state index in [0.29, 0.717) is 18.4 Å². The number of hydrogen-bond acceptors (Lipinski definition) is 4.